The molecule has 1 unspecified atom stereocenters. The normalized spacial score (nSPS) is 12.4. The predicted molar refractivity (Wildman–Crippen MR) is 82.7 cm³/mol. The molecule has 2 aromatic rings. The summed E-state index contributed by atoms with van der Waals surface area (Å²) in [7, 11) is 0. The number of nitrogens with one attached hydrogen (secondary N) is 1. The summed E-state index contributed by atoms with van der Waals surface area (Å²) in [6.07, 6.45) is 0.896. The van der Waals surface area contributed by atoms with Crippen molar-refractivity contribution in [2.45, 2.75) is 26.3 Å². The largest absolute Gasteiger partial charge is 0.306 e. The number of hydrogen-bond donors (Lipinski definition) is 1. The highest BCUT2D eigenvalue weighted by molar-refractivity contribution is 6.30. The average Bonchev–Trinajstić information content (AvgIpc) is 2.47. The number of rotatable bonds is 5. The molecule has 0 bridgehead atoms. The van der Waals surface area contributed by atoms with Crippen LogP contribution in [0, 0.1) is 18.6 Å². The summed E-state index contributed by atoms with van der Waals surface area (Å²) in [5.41, 5.74) is 2.07. The van der Waals surface area contributed by atoms with Crippen LogP contribution in [0.3, 0.4) is 0 Å². The maximum absolute atomic E-state index is 14.3. The molecule has 0 spiro atoms. The molecule has 21 heavy (non-hydrogen) atoms. The summed E-state index contributed by atoms with van der Waals surface area (Å²) in [5.74, 6) is -0.794. The summed E-state index contributed by atoms with van der Waals surface area (Å²) in [4.78, 5) is 0. The summed E-state index contributed by atoms with van der Waals surface area (Å²) >= 11 is 5.87. The van der Waals surface area contributed by atoms with Crippen LogP contribution >= 0.6 is 11.6 Å². The molecule has 0 fully saturated rings. The topological polar surface area (TPSA) is 12.0 Å². The van der Waals surface area contributed by atoms with Gasteiger partial charge in [-0.3, -0.25) is 0 Å². The highest BCUT2D eigenvalue weighted by Gasteiger charge is 2.20. The molecule has 112 valence electrons. The molecule has 0 aliphatic rings. The van der Waals surface area contributed by atoms with E-state index in [1.807, 2.05) is 13.8 Å². The van der Waals surface area contributed by atoms with Gasteiger partial charge >= 0.3 is 0 Å². The zero-order valence-corrected chi connectivity index (χ0v) is 12.8. The van der Waals surface area contributed by atoms with Crippen molar-refractivity contribution in [1.29, 1.82) is 0 Å². The van der Waals surface area contributed by atoms with Gasteiger partial charge in [0.05, 0.1) is 11.1 Å². The molecule has 4 heteroatoms. The van der Waals surface area contributed by atoms with Crippen molar-refractivity contribution in [3.05, 3.63) is 69.7 Å². The first kappa shape index (κ1) is 15.9. The Balaban J connectivity index is 2.52. The van der Waals surface area contributed by atoms with Gasteiger partial charge in [0, 0.05) is 5.56 Å². The maximum atomic E-state index is 14.3. The summed E-state index contributed by atoms with van der Waals surface area (Å²) in [6, 6.07) is 9.03. The zero-order valence-electron chi connectivity index (χ0n) is 12.1. The SMILES string of the molecule is CCCNC(c1cc(F)ccc1C)c1cccc(Cl)c1F. The van der Waals surface area contributed by atoms with Crippen LogP contribution in [-0.4, -0.2) is 6.54 Å². The van der Waals surface area contributed by atoms with E-state index < -0.39 is 11.9 Å². The van der Waals surface area contributed by atoms with Gasteiger partial charge in [0.2, 0.25) is 0 Å². The Kier molecular flexibility index (Phi) is 5.32. The second-order valence-electron chi connectivity index (χ2n) is 5.03. The van der Waals surface area contributed by atoms with E-state index >= 15 is 0 Å². The lowest BCUT2D eigenvalue weighted by atomic mass is 9.94. The molecule has 0 aliphatic heterocycles. The molecule has 0 aromatic heterocycles. The van der Waals surface area contributed by atoms with Crippen LogP contribution in [0.2, 0.25) is 5.02 Å². The second kappa shape index (κ2) is 7.01. The monoisotopic (exact) mass is 309 g/mol. The summed E-state index contributed by atoms with van der Waals surface area (Å²) < 4.78 is 27.9. The van der Waals surface area contributed by atoms with Gasteiger partial charge in [-0.15, -0.1) is 0 Å². The molecule has 0 saturated heterocycles. The van der Waals surface area contributed by atoms with Gasteiger partial charge in [-0.25, -0.2) is 8.78 Å². The molecule has 0 saturated carbocycles. The van der Waals surface area contributed by atoms with E-state index in [9.17, 15) is 8.78 Å². The van der Waals surface area contributed by atoms with Crippen LogP contribution in [-0.2, 0) is 0 Å². The maximum Gasteiger partial charge on any atom is 0.146 e. The van der Waals surface area contributed by atoms with Crippen molar-refractivity contribution >= 4 is 11.6 Å². The van der Waals surface area contributed by atoms with Crippen molar-refractivity contribution in [1.82, 2.24) is 5.32 Å². The van der Waals surface area contributed by atoms with Crippen LogP contribution in [0.1, 0.15) is 36.1 Å². The lowest BCUT2D eigenvalue weighted by Crippen LogP contribution is -2.25. The average molecular weight is 310 g/mol. The van der Waals surface area contributed by atoms with Gasteiger partial charge in [-0.2, -0.15) is 0 Å². The van der Waals surface area contributed by atoms with Gasteiger partial charge in [0.15, 0.2) is 0 Å². The Hall–Kier alpha value is -1.45. The highest BCUT2D eigenvalue weighted by atomic mass is 35.5. The molecule has 0 amide bonds. The van der Waals surface area contributed by atoms with E-state index in [1.165, 1.54) is 18.2 Å². The quantitative estimate of drug-likeness (QED) is 0.818. The Bertz CT molecular complexity index is 626. The van der Waals surface area contributed by atoms with Crippen molar-refractivity contribution in [3.8, 4) is 0 Å². The minimum absolute atomic E-state index is 0.0739. The third kappa shape index (κ3) is 3.60. The fourth-order valence-electron chi connectivity index (χ4n) is 2.34. The van der Waals surface area contributed by atoms with Crippen molar-refractivity contribution in [2.24, 2.45) is 0 Å². The molecule has 2 aromatic carbocycles. The molecule has 2 rings (SSSR count). The molecular formula is C17H18ClF2N. The van der Waals surface area contributed by atoms with Gasteiger partial charge in [0.25, 0.3) is 0 Å². The first-order chi connectivity index (χ1) is 10.0. The van der Waals surface area contributed by atoms with Gasteiger partial charge in [0.1, 0.15) is 11.6 Å². The van der Waals surface area contributed by atoms with E-state index in [1.54, 1.807) is 18.2 Å². The summed E-state index contributed by atoms with van der Waals surface area (Å²) in [6.45, 7) is 4.61. The van der Waals surface area contributed by atoms with Crippen LogP contribution in [0.15, 0.2) is 36.4 Å². The fourth-order valence-corrected chi connectivity index (χ4v) is 2.52. The van der Waals surface area contributed by atoms with E-state index in [4.69, 9.17) is 11.6 Å². The van der Waals surface area contributed by atoms with Crippen LogP contribution in [0.5, 0.6) is 0 Å². The first-order valence-corrected chi connectivity index (χ1v) is 7.35. The third-order valence-electron chi connectivity index (χ3n) is 3.44. The Morgan fingerprint density at radius 3 is 2.62 bits per heavy atom. The van der Waals surface area contributed by atoms with E-state index in [0.29, 0.717) is 12.1 Å². The Morgan fingerprint density at radius 1 is 1.14 bits per heavy atom. The molecule has 0 heterocycles. The van der Waals surface area contributed by atoms with E-state index in [2.05, 4.69) is 5.32 Å². The van der Waals surface area contributed by atoms with Crippen molar-refractivity contribution in [3.63, 3.8) is 0 Å². The third-order valence-corrected chi connectivity index (χ3v) is 3.74. The van der Waals surface area contributed by atoms with Crippen LogP contribution in [0.25, 0.3) is 0 Å². The van der Waals surface area contributed by atoms with Gasteiger partial charge in [-0.05, 0) is 49.2 Å². The lowest BCUT2D eigenvalue weighted by molar-refractivity contribution is 0.541. The minimum atomic E-state index is -0.462. The first-order valence-electron chi connectivity index (χ1n) is 6.98. The molecule has 1 atom stereocenters. The standard InChI is InChI=1S/C17H18ClF2N/c1-3-9-21-17(13-5-4-6-15(18)16(13)20)14-10-12(19)8-7-11(14)2/h4-8,10,17,21H,3,9H2,1-2H3. The highest BCUT2D eigenvalue weighted by Crippen LogP contribution is 2.30. The molecular weight excluding hydrogens is 292 g/mol. The second-order valence-corrected chi connectivity index (χ2v) is 5.44. The Labute approximate surface area is 128 Å². The predicted octanol–water partition coefficient (Wildman–Crippen LogP) is 5.02. The van der Waals surface area contributed by atoms with E-state index in [-0.39, 0.29) is 10.8 Å². The summed E-state index contributed by atoms with van der Waals surface area (Å²) in [5, 5.41) is 3.35. The number of benzene rings is 2. The van der Waals surface area contributed by atoms with Gasteiger partial charge in [-0.1, -0.05) is 36.7 Å². The van der Waals surface area contributed by atoms with Gasteiger partial charge < -0.3 is 5.32 Å². The number of aryl methyl sites for hydroxylation is 1. The zero-order chi connectivity index (χ0) is 15.4. The van der Waals surface area contributed by atoms with E-state index in [0.717, 1.165) is 17.5 Å². The molecule has 1 N–H and O–H groups in total. The van der Waals surface area contributed by atoms with Crippen molar-refractivity contribution in [2.75, 3.05) is 6.54 Å². The fraction of sp³-hybridized carbons (Fsp3) is 0.294. The van der Waals surface area contributed by atoms with Crippen LogP contribution in [0.4, 0.5) is 8.78 Å². The molecule has 0 radical (unpaired) electrons. The smallest absolute Gasteiger partial charge is 0.146 e. The van der Waals surface area contributed by atoms with Crippen molar-refractivity contribution < 1.29 is 8.78 Å². The van der Waals surface area contributed by atoms with Crippen LogP contribution < -0.4 is 5.32 Å². The molecule has 0 aliphatic carbocycles. The minimum Gasteiger partial charge on any atom is -0.306 e. The molecule has 1 nitrogen and oxygen atoms in total. The number of hydrogen-bond acceptors (Lipinski definition) is 1. The lowest BCUT2D eigenvalue weighted by Gasteiger charge is -2.22. The number of halogens is 3. The Morgan fingerprint density at radius 2 is 1.90 bits per heavy atom.